The number of aryl methyl sites for hydroxylation is 1. The largest absolute Gasteiger partial charge is 0.494 e. The first-order chi connectivity index (χ1) is 11.7. The first-order valence-electron chi connectivity index (χ1n) is 8.74. The van der Waals surface area contributed by atoms with Crippen LogP contribution in [0.2, 0.25) is 0 Å². The van der Waals surface area contributed by atoms with Crippen LogP contribution in [-0.4, -0.2) is 41.3 Å². The second kappa shape index (κ2) is 9.59. The highest BCUT2D eigenvalue weighted by Crippen LogP contribution is 2.23. The molecule has 1 N–H and O–H groups in total. The van der Waals surface area contributed by atoms with E-state index in [-0.39, 0.29) is 18.0 Å². The number of hydrogen-bond donors (Lipinski definition) is 1. The van der Waals surface area contributed by atoms with Gasteiger partial charge in [0.05, 0.1) is 12.3 Å². The van der Waals surface area contributed by atoms with Crippen molar-refractivity contribution in [3.8, 4) is 16.9 Å². The van der Waals surface area contributed by atoms with E-state index in [1.807, 2.05) is 31.2 Å². The molecule has 25 heavy (non-hydrogen) atoms. The van der Waals surface area contributed by atoms with Crippen LogP contribution in [-0.2, 0) is 0 Å². The summed E-state index contributed by atoms with van der Waals surface area (Å²) < 4.78 is 5.83. The molecular formula is C19H26ClN3O2. The minimum Gasteiger partial charge on any atom is -0.494 e. The van der Waals surface area contributed by atoms with Crippen LogP contribution in [0.3, 0.4) is 0 Å². The number of aromatic amines is 1. The van der Waals surface area contributed by atoms with E-state index in [1.165, 1.54) is 32.4 Å². The summed E-state index contributed by atoms with van der Waals surface area (Å²) in [6.07, 6.45) is 5.10. The van der Waals surface area contributed by atoms with Crippen molar-refractivity contribution in [2.75, 3.05) is 26.2 Å². The first-order valence-corrected chi connectivity index (χ1v) is 8.74. The van der Waals surface area contributed by atoms with E-state index in [0.717, 1.165) is 42.1 Å². The summed E-state index contributed by atoms with van der Waals surface area (Å²) in [5.74, 6) is 0.868. The number of halogens is 1. The van der Waals surface area contributed by atoms with Crippen LogP contribution in [0.25, 0.3) is 11.1 Å². The monoisotopic (exact) mass is 363 g/mol. The third-order valence-corrected chi connectivity index (χ3v) is 4.50. The van der Waals surface area contributed by atoms with Gasteiger partial charge in [0.15, 0.2) is 0 Å². The quantitative estimate of drug-likeness (QED) is 0.799. The number of likely N-dealkylation sites (tertiary alicyclic amines) is 1. The Morgan fingerprint density at radius 1 is 1.16 bits per heavy atom. The van der Waals surface area contributed by atoms with E-state index in [4.69, 9.17) is 4.74 Å². The van der Waals surface area contributed by atoms with E-state index in [0.29, 0.717) is 0 Å². The molecule has 1 fully saturated rings. The summed E-state index contributed by atoms with van der Waals surface area (Å²) in [6.45, 7) is 6.21. The zero-order valence-electron chi connectivity index (χ0n) is 14.7. The minimum absolute atomic E-state index is 0. The normalized spacial score (nSPS) is 14.8. The number of nitrogens with one attached hydrogen (secondary N) is 1. The molecule has 0 radical (unpaired) electrons. The van der Waals surface area contributed by atoms with Gasteiger partial charge in [-0.3, -0.25) is 4.79 Å². The SMILES string of the molecule is Cc1n[nH]c(=O)cc1-c1ccc(OCCCN2CCCCC2)cc1.Cl. The zero-order valence-corrected chi connectivity index (χ0v) is 15.5. The van der Waals surface area contributed by atoms with Crippen LogP contribution in [0, 0.1) is 6.92 Å². The Kier molecular flexibility index (Phi) is 7.47. The Bertz CT molecular complexity index is 709. The molecule has 0 atom stereocenters. The van der Waals surface area contributed by atoms with Crippen molar-refractivity contribution in [1.82, 2.24) is 15.1 Å². The topological polar surface area (TPSA) is 58.2 Å². The lowest BCUT2D eigenvalue weighted by Gasteiger charge is -2.26. The van der Waals surface area contributed by atoms with Gasteiger partial charge >= 0.3 is 0 Å². The van der Waals surface area contributed by atoms with Gasteiger partial charge in [0.1, 0.15) is 5.75 Å². The maximum Gasteiger partial charge on any atom is 0.264 e. The fourth-order valence-corrected chi connectivity index (χ4v) is 3.15. The molecule has 2 aromatic rings. The lowest BCUT2D eigenvalue weighted by molar-refractivity contribution is 0.205. The predicted molar refractivity (Wildman–Crippen MR) is 103 cm³/mol. The van der Waals surface area contributed by atoms with Crippen LogP contribution in [0.4, 0.5) is 0 Å². The second-order valence-corrected chi connectivity index (χ2v) is 6.36. The molecule has 1 aromatic carbocycles. The van der Waals surface area contributed by atoms with E-state index in [9.17, 15) is 4.79 Å². The van der Waals surface area contributed by atoms with Gasteiger partial charge in [-0.05, 0) is 57.0 Å². The van der Waals surface area contributed by atoms with Crippen molar-refractivity contribution >= 4 is 12.4 Å². The molecular weight excluding hydrogens is 338 g/mol. The predicted octanol–water partition coefficient (Wildman–Crippen LogP) is 3.42. The molecule has 0 spiro atoms. The van der Waals surface area contributed by atoms with Crippen molar-refractivity contribution in [3.05, 3.63) is 46.4 Å². The molecule has 0 saturated carbocycles. The lowest BCUT2D eigenvalue weighted by Crippen LogP contribution is -2.31. The molecule has 0 aliphatic carbocycles. The van der Waals surface area contributed by atoms with Gasteiger partial charge in [-0.25, -0.2) is 5.10 Å². The Morgan fingerprint density at radius 3 is 2.60 bits per heavy atom. The van der Waals surface area contributed by atoms with Crippen molar-refractivity contribution in [1.29, 1.82) is 0 Å². The van der Waals surface area contributed by atoms with Gasteiger partial charge in [0.25, 0.3) is 5.56 Å². The number of piperidine rings is 1. The third-order valence-electron chi connectivity index (χ3n) is 4.50. The highest BCUT2D eigenvalue weighted by Gasteiger charge is 2.09. The standard InChI is InChI=1S/C19H25N3O2.ClH/c1-15-18(14-19(23)21-20-15)16-6-8-17(9-7-16)24-13-5-12-22-10-3-2-4-11-22;/h6-9,14H,2-5,10-13H2,1H3,(H,21,23);1H. The minimum atomic E-state index is -0.186. The molecule has 3 rings (SSSR count). The summed E-state index contributed by atoms with van der Waals surface area (Å²) in [7, 11) is 0. The van der Waals surface area contributed by atoms with Gasteiger partial charge in [-0.2, -0.15) is 5.10 Å². The molecule has 6 heteroatoms. The van der Waals surface area contributed by atoms with Crippen LogP contribution >= 0.6 is 12.4 Å². The molecule has 0 amide bonds. The van der Waals surface area contributed by atoms with Crippen molar-refractivity contribution in [2.24, 2.45) is 0 Å². The highest BCUT2D eigenvalue weighted by molar-refractivity contribution is 5.85. The van der Waals surface area contributed by atoms with Crippen molar-refractivity contribution in [3.63, 3.8) is 0 Å². The van der Waals surface area contributed by atoms with Crippen molar-refractivity contribution < 1.29 is 4.74 Å². The number of nitrogens with zero attached hydrogens (tertiary/aromatic N) is 2. The van der Waals surface area contributed by atoms with E-state index >= 15 is 0 Å². The van der Waals surface area contributed by atoms with Crippen LogP contribution in [0.5, 0.6) is 5.75 Å². The zero-order chi connectivity index (χ0) is 16.8. The van der Waals surface area contributed by atoms with E-state index in [2.05, 4.69) is 15.1 Å². The number of ether oxygens (including phenoxy) is 1. The molecule has 0 bridgehead atoms. The fourth-order valence-electron chi connectivity index (χ4n) is 3.15. The molecule has 1 saturated heterocycles. The van der Waals surface area contributed by atoms with E-state index in [1.54, 1.807) is 6.07 Å². The van der Waals surface area contributed by atoms with E-state index < -0.39 is 0 Å². The maximum atomic E-state index is 11.4. The number of aromatic nitrogens is 2. The summed E-state index contributed by atoms with van der Waals surface area (Å²) in [6, 6.07) is 9.44. The van der Waals surface area contributed by atoms with Gasteiger partial charge in [-0.15, -0.1) is 12.4 Å². The van der Waals surface area contributed by atoms with Crippen molar-refractivity contribution in [2.45, 2.75) is 32.6 Å². The van der Waals surface area contributed by atoms with Gasteiger partial charge in [0.2, 0.25) is 0 Å². The Labute approximate surface area is 154 Å². The smallest absolute Gasteiger partial charge is 0.264 e. The average molecular weight is 364 g/mol. The number of hydrogen-bond acceptors (Lipinski definition) is 4. The summed E-state index contributed by atoms with van der Waals surface area (Å²) in [4.78, 5) is 14.0. The van der Waals surface area contributed by atoms with Gasteiger partial charge in [0, 0.05) is 18.2 Å². The molecule has 1 aromatic heterocycles. The van der Waals surface area contributed by atoms with Crippen LogP contribution in [0.15, 0.2) is 35.1 Å². The lowest BCUT2D eigenvalue weighted by atomic mass is 10.1. The first kappa shape index (κ1) is 19.5. The average Bonchev–Trinajstić information content (AvgIpc) is 2.62. The molecule has 2 heterocycles. The Morgan fingerprint density at radius 2 is 1.88 bits per heavy atom. The summed E-state index contributed by atoms with van der Waals surface area (Å²) in [5, 5.41) is 6.46. The summed E-state index contributed by atoms with van der Waals surface area (Å²) in [5.41, 5.74) is 2.46. The fraction of sp³-hybridized carbons (Fsp3) is 0.474. The van der Waals surface area contributed by atoms with Crippen LogP contribution < -0.4 is 10.3 Å². The number of H-pyrrole nitrogens is 1. The number of rotatable bonds is 6. The molecule has 0 unspecified atom stereocenters. The molecule has 1 aliphatic rings. The molecule has 1 aliphatic heterocycles. The maximum absolute atomic E-state index is 11.4. The van der Waals surface area contributed by atoms with Gasteiger partial charge < -0.3 is 9.64 Å². The molecule has 5 nitrogen and oxygen atoms in total. The third kappa shape index (κ3) is 5.58. The van der Waals surface area contributed by atoms with Gasteiger partial charge in [-0.1, -0.05) is 18.6 Å². The summed E-state index contributed by atoms with van der Waals surface area (Å²) >= 11 is 0. The molecule has 136 valence electrons. The second-order valence-electron chi connectivity index (χ2n) is 6.36. The number of benzene rings is 1. The van der Waals surface area contributed by atoms with Crippen LogP contribution in [0.1, 0.15) is 31.4 Å². The Hall–Kier alpha value is -1.85. The highest BCUT2D eigenvalue weighted by atomic mass is 35.5. The Balaban J connectivity index is 0.00000225.